The van der Waals surface area contributed by atoms with E-state index in [1.54, 1.807) is 12.2 Å². The fourth-order valence-electron chi connectivity index (χ4n) is 1.61. The highest BCUT2D eigenvalue weighted by Crippen LogP contribution is 2.04. The topological polar surface area (TPSA) is 6.48 Å². The Labute approximate surface area is 119 Å². The van der Waals surface area contributed by atoms with E-state index in [1.807, 2.05) is 13.0 Å². The van der Waals surface area contributed by atoms with Crippen LogP contribution in [0, 0.1) is 0 Å². The van der Waals surface area contributed by atoms with Gasteiger partial charge in [0.2, 0.25) is 0 Å². The van der Waals surface area contributed by atoms with Crippen LogP contribution < -0.4 is 0 Å². The lowest BCUT2D eigenvalue weighted by Gasteiger charge is -2.32. The minimum atomic E-state index is 0.984. The second-order valence-corrected chi connectivity index (χ2v) is 4.89. The monoisotopic (exact) mass is 260 g/mol. The van der Waals surface area contributed by atoms with Gasteiger partial charge in [0.25, 0.3) is 0 Å². The number of likely N-dealkylation sites (N-methyl/N-ethyl adjacent to an activating group) is 1. The van der Waals surface area contributed by atoms with E-state index in [1.165, 1.54) is 5.57 Å². The van der Waals surface area contributed by atoms with Crippen molar-refractivity contribution in [2.24, 2.45) is 0 Å². The summed E-state index contributed by atoms with van der Waals surface area (Å²) < 4.78 is 0. The van der Waals surface area contributed by atoms with Crippen molar-refractivity contribution < 1.29 is 0 Å². The molecule has 106 valence electrons. The first kappa shape index (κ1) is 17.6. The fourth-order valence-corrected chi connectivity index (χ4v) is 1.61. The fraction of sp³-hybridized carbons (Fsp3) is 0.412. The third-order valence-electron chi connectivity index (χ3n) is 2.79. The predicted octanol–water partition coefficient (Wildman–Crippen LogP) is 3.28. The molecular formula is C17H28N2. The predicted molar refractivity (Wildman–Crippen MR) is 87.4 cm³/mol. The summed E-state index contributed by atoms with van der Waals surface area (Å²) >= 11 is 0. The molecule has 1 rings (SSSR count). The van der Waals surface area contributed by atoms with Crippen molar-refractivity contribution in [3.63, 3.8) is 0 Å². The van der Waals surface area contributed by atoms with Gasteiger partial charge in [-0.25, -0.2) is 0 Å². The quantitative estimate of drug-likeness (QED) is 0.700. The summed E-state index contributed by atoms with van der Waals surface area (Å²) in [4.78, 5) is 4.81. The Morgan fingerprint density at radius 3 is 1.95 bits per heavy atom. The highest BCUT2D eigenvalue weighted by atomic mass is 15.2. The zero-order valence-electron chi connectivity index (χ0n) is 12.6. The highest BCUT2D eigenvalue weighted by Gasteiger charge is 2.13. The van der Waals surface area contributed by atoms with E-state index in [-0.39, 0.29) is 0 Å². The normalized spacial score (nSPS) is 16.5. The summed E-state index contributed by atoms with van der Waals surface area (Å²) in [6.07, 6.45) is 7.37. The van der Waals surface area contributed by atoms with E-state index in [9.17, 15) is 0 Å². The molecule has 0 saturated carbocycles. The van der Waals surface area contributed by atoms with E-state index in [2.05, 4.69) is 49.2 Å². The molecule has 1 heterocycles. The summed E-state index contributed by atoms with van der Waals surface area (Å²) in [6, 6.07) is 0. The van der Waals surface area contributed by atoms with Crippen molar-refractivity contribution >= 4 is 0 Å². The van der Waals surface area contributed by atoms with Crippen LogP contribution in [0.5, 0.6) is 0 Å². The maximum absolute atomic E-state index is 4.06. The number of nitrogens with zero attached hydrogens (tertiary/aromatic N) is 2. The number of piperazine rings is 1. The molecule has 0 aromatic carbocycles. The van der Waals surface area contributed by atoms with Crippen molar-refractivity contribution in [2.75, 3.05) is 39.8 Å². The molecule has 19 heavy (non-hydrogen) atoms. The van der Waals surface area contributed by atoms with Gasteiger partial charge in [0.05, 0.1) is 0 Å². The van der Waals surface area contributed by atoms with Crippen molar-refractivity contribution in [1.29, 1.82) is 0 Å². The molecule has 1 aliphatic heterocycles. The van der Waals surface area contributed by atoms with Gasteiger partial charge in [-0.1, -0.05) is 56.2 Å². The first-order valence-electron chi connectivity index (χ1n) is 6.65. The Morgan fingerprint density at radius 1 is 1.00 bits per heavy atom. The van der Waals surface area contributed by atoms with Crippen LogP contribution in [0.2, 0.25) is 0 Å². The molecule has 0 bridgehead atoms. The largest absolute Gasteiger partial charge is 0.304 e. The molecule has 1 fully saturated rings. The van der Waals surface area contributed by atoms with Crippen LogP contribution in [0.4, 0.5) is 0 Å². The van der Waals surface area contributed by atoms with Gasteiger partial charge in [-0.2, -0.15) is 0 Å². The molecule has 1 saturated heterocycles. The zero-order chi connectivity index (χ0) is 14.7. The van der Waals surface area contributed by atoms with Gasteiger partial charge in [0.1, 0.15) is 0 Å². The number of rotatable bonds is 5. The lowest BCUT2D eigenvalue weighted by atomic mass is 10.2. The molecule has 0 aliphatic carbocycles. The van der Waals surface area contributed by atoms with Crippen molar-refractivity contribution in [3.05, 3.63) is 61.8 Å². The molecule has 0 atom stereocenters. The average molecular weight is 260 g/mol. The lowest BCUT2D eigenvalue weighted by molar-refractivity contribution is 0.165. The summed E-state index contributed by atoms with van der Waals surface area (Å²) in [7, 11) is 2.17. The van der Waals surface area contributed by atoms with Crippen LogP contribution in [0.1, 0.15) is 6.92 Å². The molecule has 0 amide bonds. The summed E-state index contributed by atoms with van der Waals surface area (Å²) in [6.45, 7) is 22.2. The lowest BCUT2D eigenvalue weighted by Crippen LogP contribution is -2.44. The summed E-state index contributed by atoms with van der Waals surface area (Å²) in [5, 5.41) is 0. The average Bonchev–Trinajstić information content (AvgIpc) is 2.39. The third-order valence-corrected chi connectivity index (χ3v) is 2.79. The molecule has 0 aromatic rings. The first-order chi connectivity index (χ1) is 8.99. The first-order valence-corrected chi connectivity index (χ1v) is 6.65. The van der Waals surface area contributed by atoms with Crippen molar-refractivity contribution in [2.45, 2.75) is 6.92 Å². The Hall–Kier alpha value is -1.38. The molecule has 0 unspecified atom stereocenters. The van der Waals surface area contributed by atoms with E-state index < -0.39 is 0 Å². The van der Waals surface area contributed by atoms with Gasteiger partial charge >= 0.3 is 0 Å². The highest BCUT2D eigenvalue weighted by molar-refractivity contribution is 5.23. The van der Waals surface area contributed by atoms with Gasteiger partial charge in [0.15, 0.2) is 0 Å². The molecule has 2 heteroatoms. The van der Waals surface area contributed by atoms with Crippen LogP contribution in [0.15, 0.2) is 61.8 Å². The summed E-state index contributed by atoms with van der Waals surface area (Å²) in [5.41, 5.74) is 2.25. The van der Waals surface area contributed by atoms with Crippen LogP contribution >= 0.6 is 0 Å². The SMILES string of the molecule is C=C(C)/C=C\C(=C)CN1CCN(C)CC1.C=CC=C. The second kappa shape index (κ2) is 10.5. The van der Waals surface area contributed by atoms with Crippen LogP contribution in [0.25, 0.3) is 0 Å². The van der Waals surface area contributed by atoms with Gasteiger partial charge in [-0.15, -0.1) is 0 Å². The molecule has 1 aliphatic rings. The summed E-state index contributed by atoms with van der Waals surface area (Å²) in [5.74, 6) is 0. The van der Waals surface area contributed by atoms with Crippen LogP contribution in [-0.4, -0.2) is 49.6 Å². The minimum absolute atomic E-state index is 0.984. The number of hydrogen-bond donors (Lipinski definition) is 0. The molecule has 0 spiro atoms. The van der Waals surface area contributed by atoms with Crippen LogP contribution in [-0.2, 0) is 0 Å². The number of allylic oxidation sites excluding steroid dienone is 4. The van der Waals surface area contributed by atoms with Gasteiger partial charge < -0.3 is 4.90 Å². The van der Waals surface area contributed by atoms with E-state index >= 15 is 0 Å². The van der Waals surface area contributed by atoms with Gasteiger partial charge in [0, 0.05) is 32.7 Å². The number of hydrogen-bond acceptors (Lipinski definition) is 2. The van der Waals surface area contributed by atoms with Crippen LogP contribution in [0.3, 0.4) is 0 Å². The van der Waals surface area contributed by atoms with Gasteiger partial charge in [-0.05, 0) is 19.5 Å². The van der Waals surface area contributed by atoms with E-state index in [0.29, 0.717) is 0 Å². The third kappa shape index (κ3) is 10.2. The molecule has 0 radical (unpaired) electrons. The molecule has 2 nitrogen and oxygen atoms in total. The van der Waals surface area contributed by atoms with Crippen molar-refractivity contribution in [1.82, 2.24) is 9.80 Å². The zero-order valence-corrected chi connectivity index (χ0v) is 12.6. The molecule has 0 aromatic heterocycles. The van der Waals surface area contributed by atoms with E-state index in [4.69, 9.17) is 0 Å². The van der Waals surface area contributed by atoms with Gasteiger partial charge in [-0.3, -0.25) is 4.90 Å². The molecular weight excluding hydrogens is 232 g/mol. The van der Waals surface area contributed by atoms with Crippen molar-refractivity contribution in [3.8, 4) is 0 Å². The Balaban J connectivity index is 0.000000711. The second-order valence-electron chi connectivity index (χ2n) is 4.89. The minimum Gasteiger partial charge on any atom is -0.304 e. The standard InChI is InChI=1S/C13H22N2.C4H6/c1-12(2)5-6-13(3)11-15-9-7-14(4)8-10-15;1-3-4-2/h5-6H,1,3,7-11H2,2,4H3;3-4H,1-2H2/b6-5-;. The maximum Gasteiger partial charge on any atom is 0.0228 e. The maximum atomic E-state index is 4.06. The Bertz CT molecular complexity index is 325. The van der Waals surface area contributed by atoms with E-state index in [0.717, 1.165) is 38.3 Å². The Kier molecular flexibility index (Phi) is 9.77. The smallest absolute Gasteiger partial charge is 0.0228 e. The molecule has 0 N–H and O–H groups in total. The Morgan fingerprint density at radius 2 is 1.53 bits per heavy atom.